The second kappa shape index (κ2) is 6.00. The van der Waals surface area contributed by atoms with Crippen LogP contribution in [-0.4, -0.2) is 0 Å². The molecule has 2 aromatic rings. The number of hydrogen-bond donors (Lipinski definition) is 2. The van der Waals surface area contributed by atoms with E-state index in [1.807, 2.05) is 0 Å². The molecule has 0 aliphatic carbocycles. The van der Waals surface area contributed by atoms with Crippen LogP contribution in [0.15, 0.2) is 42.5 Å². The van der Waals surface area contributed by atoms with Gasteiger partial charge in [0.15, 0.2) is 0 Å². The van der Waals surface area contributed by atoms with Crippen LogP contribution >= 0.6 is 0 Å². The lowest BCUT2D eigenvalue weighted by Gasteiger charge is -2.20. The van der Waals surface area contributed by atoms with Gasteiger partial charge in [0.1, 0.15) is 0 Å². The summed E-state index contributed by atoms with van der Waals surface area (Å²) in [6.07, 6.45) is 0.910. The van der Waals surface area contributed by atoms with Crippen molar-refractivity contribution in [3.63, 3.8) is 0 Å². The first kappa shape index (κ1) is 13.8. The third-order valence-corrected chi connectivity index (χ3v) is 3.91. The number of nitrogens with one attached hydrogen (secondary N) is 1. The molecule has 3 N–H and O–H groups in total. The van der Waals surface area contributed by atoms with Gasteiger partial charge in [-0.3, -0.25) is 11.3 Å². The number of hydrazine groups is 1. The largest absolute Gasteiger partial charge is 0.271 e. The average molecular weight is 254 g/mol. The first-order valence-corrected chi connectivity index (χ1v) is 6.70. The van der Waals surface area contributed by atoms with Crippen LogP contribution < -0.4 is 11.3 Å². The maximum absolute atomic E-state index is 5.77. The van der Waals surface area contributed by atoms with E-state index >= 15 is 0 Å². The van der Waals surface area contributed by atoms with Crippen LogP contribution in [0.5, 0.6) is 0 Å². The van der Waals surface area contributed by atoms with Crippen molar-refractivity contribution >= 4 is 0 Å². The summed E-state index contributed by atoms with van der Waals surface area (Å²) in [6.45, 7) is 6.44. The van der Waals surface area contributed by atoms with Crippen molar-refractivity contribution in [2.75, 3.05) is 0 Å². The molecule has 1 unspecified atom stereocenters. The van der Waals surface area contributed by atoms with Gasteiger partial charge in [0, 0.05) is 0 Å². The molecular formula is C17H22N2. The molecule has 0 radical (unpaired) electrons. The smallest absolute Gasteiger partial charge is 0.0503 e. The van der Waals surface area contributed by atoms with Gasteiger partial charge in [0.05, 0.1) is 6.04 Å². The summed E-state index contributed by atoms with van der Waals surface area (Å²) >= 11 is 0. The SMILES string of the molecule is Cc1ccccc1CC(NN)c1cccc(C)c1C. The van der Waals surface area contributed by atoms with Crippen LogP contribution in [0, 0.1) is 20.8 Å². The lowest BCUT2D eigenvalue weighted by Crippen LogP contribution is -2.30. The summed E-state index contributed by atoms with van der Waals surface area (Å²) in [5.41, 5.74) is 9.52. The van der Waals surface area contributed by atoms with E-state index in [0.717, 1.165) is 6.42 Å². The van der Waals surface area contributed by atoms with Crippen LogP contribution in [0.4, 0.5) is 0 Å². The fraction of sp³-hybridized carbons (Fsp3) is 0.294. The van der Waals surface area contributed by atoms with Crippen LogP contribution in [-0.2, 0) is 6.42 Å². The molecule has 2 rings (SSSR count). The maximum Gasteiger partial charge on any atom is 0.0503 e. The summed E-state index contributed by atoms with van der Waals surface area (Å²) in [6, 6.07) is 15.0. The predicted octanol–water partition coefficient (Wildman–Crippen LogP) is 3.36. The van der Waals surface area contributed by atoms with Crippen LogP contribution in [0.3, 0.4) is 0 Å². The molecule has 100 valence electrons. The highest BCUT2D eigenvalue weighted by atomic mass is 15.2. The number of nitrogens with two attached hydrogens (primary N) is 1. The molecule has 0 amide bonds. The second-order valence-corrected chi connectivity index (χ2v) is 5.14. The average Bonchev–Trinajstić information content (AvgIpc) is 2.41. The Morgan fingerprint density at radius 1 is 0.947 bits per heavy atom. The minimum atomic E-state index is 0.154. The summed E-state index contributed by atoms with van der Waals surface area (Å²) in [4.78, 5) is 0. The van der Waals surface area contributed by atoms with E-state index < -0.39 is 0 Å². The zero-order chi connectivity index (χ0) is 13.8. The third-order valence-electron chi connectivity index (χ3n) is 3.91. The molecule has 0 fully saturated rings. The molecule has 2 nitrogen and oxygen atoms in total. The molecule has 1 atom stereocenters. The van der Waals surface area contributed by atoms with Gasteiger partial charge in [-0.2, -0.15) is 0 Å². The molecule has 0 aliphatic rings. The molecule has 2 aromatic carbocycles. The lowest BCUT2D eigenvalue weighted by atomic mass is 9.92. The monoisotopic (exact) mass is 254 g/mol. The molecule has 0 aromatic heterocycles. The molecule has 0 heterocycles. The molecule has 0 spiro atoms. The van der Waals surface area contributed by atoms with E-state index in [0.29, 0.717) is 0 Å². The van der Waals surface area contributed by atoms with E-state index in [1.165, 1.54) is 27.8 Å². The van der Waals surface area contributed by atoms with Crippen molar-refractivity contribution in [2.45, 2.75) is 33.2 Å². The van der Waals surface area contributed by atoms with E-state index in [1.54, 1.807) is 0 Å². The highest BCUT2D eigenvalue weighted by molar-refractivity contribution is 5.37. The van der Waals surface area contributed by atoms with Crippen molar-refractivity contribution in [1.82, 2.24) is 5.43 Å². The molecule has 19 heavy (non-hydrogen) atoms. The van der Waals surface area contributed by atoms with E-state index in [-0.39, 0.29) is 6.04 Å². The molecule has 0 saturated carbocycles. The number of aryl methyl sites for hydroxylation is 2. The first-order valence-electron chi connectivity index (χ1n) is 6.70. The fourth-order valence-corrected chi connectivity index (χ4v) is 2.47. The number of benzene rings is 2. The van der Waals surface area contributed by atoms with Gasteiger partial charge in [0.2, 0.25) is 0 Å². The van der Waals surface area contributed by atoms with Gasteiger partial charge in [-0.05, 0) is 55.0 Å². The highest BCUT2D eigenvalue weighted by Gasteiger charge is 2.14. The molecular weight excluding hydrogens is 232 g/mol. The molecule has 2 heteroatoms. The number of rotatable bonds is 4. The van der Waals surface area contributed by atoms with Crippen molar-refractivity contribution in [1.29, 1.82) is 0 Å². The van der Waals surface area contributed by atoms with Crippen molar-refractivity contribution in [2.24, 2.45) is 5.84 Å². The Balaban J connectivity index is 2.31. The Bertz CT molecular complexity index is 561. The first-order chi connectivity index (χ1) is 9.13. The third kappa shape index (κ3) is 3.03. The summed E-state index contributed by atoms with van der Waals surface area (Å²) in [5, 5.41) is 0. The predicted molar refractivity (Wildman–Crippen MR) is 80.9 cm³/mol. The zero-order valence-electron chi connectivity index (χ0n) is 11.9. The topological polar surface area (TPSA) is 38.0 Å². The van der Waals surface area contributed by atoms with Gasteiger partial charge >= 0.3 is 0 Å². The van der Waals surface area contributed by atoms with Crippen LogP contribution in [0.2, 0.25) is 0 Å². The van der Waals surface area contributed by atoms with Crippen LogP contribution in [0.1, 0.15) is 33.9 Å². The Kier molecular flexibility index (Phi) is 4.35. The van der Waals surface area contributed by atoms with Crippen molar-refractivity contribution < 1.29 is 0 Å². The Hall–Kier alpha value is -1.64. The zero-order valence-corrected chi connectivity index (χ0v) is 11.9. The Labute approximate surface area is 115 Å². The van der Waals surface area contributed by atoms with Gasteiger partial charge < -0.3 is 0 Å². The van der Waals surface area contributed by atoms with E-state index in [2.05, 4.69) is 68.7 Å². The number of hydrogen-bond acceptors (Lipinski definition) is 2. The maximum atomic E-state index is 5.77. The summed E-state index contributed by atoms with van der Waals surface area (Å²) in [7, 11) is 0. The van der Waals surface area contributed by atoms with E-state index in [9.17, 15) is 0 Å². The lowest BCUT2D eigenvalue weighted by molar-refractivity contribution is 0.548. The standard InChI is InChI=1S/C17H22N2/c1-12-8-6-10-16(14(12)3)17(19-18)11-15-9-5-4-7-13(15)2/h4-10,17,19H,11,18H2,1-3H3. The highest BCUT2D eigenvalue weighted by Crippen LogP contribution is 2.24. The quantitative estimate of drug-likeness (QED) is 0.648. The second-order valence-electron chi connectivity index (χ2n) is 5.14. The summed E-state index contributed by atoms with van der Waals surface area (Å²) in [5.74, 6) is 5.77. The Morgan fingerprint density at radius 3 is 2.32 bits per heavy atom. The van der Waals surface area contributed by atoms with E-state index in [4.69, 9.17) is 5.84 Å². The molecule has 0 bridgehead atoms. The van der Waals surface area contributed by atoms with Gasteiger partial charge in [0.25, 0.3) is 0 Å². The molecule has 0 saturated heterocycles. The van der Waals surface area contributed by atoms with Crippen LogP contribution in [0.25, 0.3) is 0 Å². The van der Waals surface area contributed by atoms with Gasteiger partial charge in [-0.1, -0.05) is 42.5 Å². The minimum absolute atomic E-state index is 0.154. The van der Waals surface area contributed by atoms with Crippen molar-refractivity contribution in [3.05, 3.63) is 70.3 Å². The normalized spacial score (nSPS) is 12.4. The molecule has 0 aliphatic heterocycles. The Morgan fingerprint density at radius 2 is 1.63 bits per heavy atom. The minimum Gasteiger partial charge on any atom is -0.271 e. The van der Waals surface area contributed by atoms with Gasteiger partial charge in [-0.25, -0.2) is 0 Å². The summed E-state index contributed by atoms with van der Waals surface area (Å²) < 4.78 is 0. The van der Waals surface area contributed by atoms with Gasteiger partial charge in [-0.15, -0.1) is 0 Å². The fourth-order valence-electron chi connectivity index (χ4n) is 2.47. The van der Waals surface area contributed by atoms with Crippen molar-refractivity contribution in [3.8, 4) is 0 Å².